The Bertz CT molecular complexity index is 1030. The Morgan fingerprint density at radius 2 is 1.66 bits per heavy atom. The van der Waals surface area contributed by atoms with Crippen molar-refractivity contribution in [3.05, 3.63) is 53.6 Å². The lowest BCUT2D eigenvalue weighted by atomic mass is 10.1. The second-order valence-electron chi connectivity index (χ2n) is 7.73. The zero-order valence-corrected chi connectivity index (χ0v) is 19.8. The number of amides is 1. The van der Waals surface area contributed by atoms with Crippen LogP contribution in [0.2, 0.25) is 0 Å². The van der Waals surface area contributed by atoms with E-state index < -0.39 is 15.9 Å². The summed E-state index contributed by atoms with van der Waals surface area (Å²) in [6.07, 6.45) is 2.70. The molecule has 1 heterocycles. The van der Waals surface area contributed by atoms with E-state index in [0.717, 1.165) is 24.8 Å². The minimum absolute atomic E-state index is 0.0494. The summed E-state index contributed by atoms with van der Waals surface area (Å²) < 4.78 is 39.2. The van der Waals surface area contributed by atoms with Gasteiger partial charge in [0.25, 0.3) is 5.91 Å². The van der Waals surface area contributed by atoms with Crippen LogP contribution in [-0.2, 0) is 10.0 Å². The van der Waals surface area contributed by atoms with Crippen LogP contribution in [0, 0.1) is 0 Å². The molecule has 1 unspecified atom stereocenters. The van der Waals surface area contributed by atoms with E-state index in [1.807, 2.05) is 39.0 Å². The van der Waals surface area contributed by atoms with E-state index in [4.69, 9.17) is 9.47 Å². The van der Waals surface area contributed by atoms with Crippen molar-refractivity contribution in [2.24, 2.45) is 0 Å². The number of hydrogen-bond donors (Lipinski definition) is 1. The van der Waals surface area contributed by atoms with Gasteiger partial charge in [-0.3, -0.25) is 4.79 Å². The van der Waals surface area contributed by atoms with Crippen LogP contribution < -0.4 is 14.8 Å². The molecule has 1 saturated heterocycles. The summed E-state index contributed by atoms with van der Waals surface area (Å²) in [5, 5.41) is 2.93. The fourth-order valence-corrected chi connectivity index (χ4v) is 5.52. The molecule has 1 aliphatic rings. The summed E-state index contributed by atoms with van der Waals surface area (Å²) in [5.74, 6) is 0.830. The SMILES string of the molecule is CCOc1ccc(C(C)NC(=O)c2ccccc2S(=O)(=O)N2CCCCC2)cc1OCC. The van der Waals surface area contributed by atoms with Gasteiger partial charge in [0.2, 0.25) is 10.0 Å². The summed E-state index contributed by atoms with van der Waals surface area (Å²) in [4.78, 5) is 13.2. The number of nitrogens with zero attached hydrogens (tertiary/aromatic N) is 1. The minimum atomic E-state index is -3.73. The Hall–Kier alpha value is -2.58. The Balaban J connectivity index is 1.83. The van der Waals surface area contributed by atoms with Crippen LogP contribution in [0.5, 0.6) is 11.5 Å². The lowest BCUT2D eigenvalue weighted by molar-refractivity contribution is 0.0936. The summed E-state index contributed by atoms with van der Waals surface area (Å²) in [5.41, 5.74) is 0.988. The van der Waals surface area contributed by atoms with Crippen molar-refractivity contribution in [3.63, 3.8) is 0 Å². The summed E-state index contributed by atoms with van der Waals surface area (Å²) in [6, 6.07) is 11.6. The van der Waals surface area contributed by atoms with Crippen molar-refractivity contribution in [1.29, 1.82) is 0 Å². The molecule has 0 aromatic heterocycles. The van der Waals surface area contributed by atoms with Crippen LogP contribution in [-0.4, -0.2) is 44.9 Å². The minimum Gasteiger partial charge on any atom is -0.490 e. The first-order valence-corrected chi connectivity index (χ1v) is 12.6. The van der Waals surface area contributed by atoms with Gasteiger partial charge in [-0.2, -0.15) is 4.31 Å². The van der Waals surface area contributed by atoms with E-state index in [-0.39, 0.29) is 16.5 Å². The van der Waals surface area contributed by atoms with Crippen LogP contribution in [0.4, 0.5) is 0 Å². The van der Waals surface area contributed by atoms with Gasteiger partial charge in [0.15, 0.2) is 11.5 Å². The number of ether oxygens (including phenoxy) is 2. The van der Waals surface area contributed by atoms with Gasteiger partial charge in [0.1, 0.15) is 0 Å². The molecule has 1 amide bonds. The molecule has 1 atom stereocenters. The average molecular weight is 461 g/mol. The number of benzene rings is 2. The molecule has 0 radical (unpaired) electrons. The standard InChI is InChI=1S/C24H32N2O5S/c1-4-30-21-14-13-19(17-22(21)31-5-2)18(3)25-24(27)20-11-7-8-12-23(20)32(28,29)26-15-9-6-10-16-26/h7-8,11-14,17-18H,4-6,9-10,15-16H2,1-3H3,(H,25,27). The third kappa shape index (κ3) is 5.42. The highest BCUT2D eigenvalue weighted by molar-refractivity contribution is 7.89. The van der Waals surface area contributed by atoms with Crippen molar-refractivity contribution in [2.75, 3.05) is 26.3 Å². The zero-order valence-electron chi connectivity index (χ0n) is 19.0. The highest BCUT2D eigenvalue weighted by Crippen LogP contribution is 2.31. The zero-order chi connectivity index (χ0) is 23.1. The maximum absolute atomic E-state index is 13.2. The topological polar surface area (TPSA) is 84.9 Å². The number of nitrogens with one attached hydrogen (secondary N) is 1. The van der Waals surface area contributed by atoms with Gasteiger partial charge in [-0.25, -0.2) is 8.42 Å². The van der Waals surface area contributed by atoms with Crippen molar-refractivity contribution >= 4 is 15.9 Å². The lowest BCUT2D eigenvalue weighted by Crippen LogP contribution is -2.37. The maximum atomic E-state index is 13.2. The average Bonchev–Trinajstić information content (AvgIpc) is 2.81. The van der Waals surface area contributed by atoms with Gasteiger partial charge < -0.3 is 14.8 Å². The van der Waals surface area contributed by atoms with Crippen LogP contribution in [0.3, 0.4) is 0 Å². The second-order valence-corrected chi connectivity index (χ2v) is 9.63. The van der Waals surface area contributed by atoms with Crippen LogP contribution in [0.1, 0.15) is 62.0 Å². The Morgan fingerprint density at radius 1 is 1.00 bits per heavy atom. The second kappa shape index (κ2) is 10.8. The lowest BCUT2D eigenvalue weighted by Gasteiger charge is -2.27. The molecule has 2 aromatic rings. The van der Waals surface area contributed by atoms with Crippen molar-refractivity contribution < 1.29 is 22.7 Å². The quantitative estimate of drug-likeness (QED) is 0.608. The largest absolute Gasteiger partial charge is 0.490 e. The molecule has 0 aliphatic carbocycles. The molecular formula is C24H32N2O5S. The van der Waals surface area contributed by atoms with Crippen molar-refractivity contribution in [1.82, 2.24) is 9.62 Å². The third-order valence-electron chi connectivity index (χ3n) is 5.48. The molecule has 174 valence electrons. The van der Waals surface area contributed by atoms with Crippen molar-refractivity contribution in [3.8, 4) is 11.5 Å². The number of carbonyl (C=O) groups is 1. The molecule has 8 heteroatoms. The van der Waals surface area contributed by atoms with Gasteiger partial charge in [-0.15, -0.1) is 0 Å². The molecule has 1 N–H and O–H groups in total. The van der Waals surface area contributed by atoms with Gasteiger partial charge in [-0.05, 0) is 63.4 Å². The highest BCUT2D eigenvalue weighted by Gasteiger charge is 2.30. The normalized spacial score (nSPS) is 15.7. The van der Waals surface area contributed by atoms with Crippen LogP contribution in [0.15, 0.2) is 47.4 Å². The van der Waals surface area contributed by atoms with Gasteiger partial charge in [0.05, 0.1) is 29.7 Å². The summed E-state index contributed by atoms with van der Waals surface area (Å²) in [6.45, 7) is 7.64. The van der Waals surface area contributed by atoms with Gasteiger partial charge >= 0.3 is 0 Å². The predicted molar refractivity (Wildman–Crippen MR) is 124 cm³/mol. The Kier molecular flexibility index (Phi) is 8.15. The fraction of sp³-hybridized carbons (Fsp3) is 0.458. The number of carbonyl (C=O) groups excluding carboxylic acids is 1. The molecule has 0 spiro atoms. The highest BCUT2D eigenvalue weighted by atomic mass is 32.2. The van der Waals surface area contributed by atoms with E-state index in [0.29, 0.717) is 37.8 Å². The van der Waals surface area contributed by atoms with Gasteiger partial charge in [0, 0.05) is 13.1 Å². The summed E-state index contributed by atoms with van der Waals surface area (Å²) in [7, 11) is -3.73. The number of hydrogen-bond acceptors (Lipinski definition) is 5. The van der Waals surface area contributed by atoms with E-state index in [1.165, 1.54) is 10.4 Å². The number of rotatable bonds is 9. The molecule has 1 fully saturated rings. The van der Waals surface area contributed by atoms with E-state index in [1.54, 1.807) is 18.2 Å². The van der Waals surface area contributed by atoms with Crippen LogP contribution in [0.25, 0.3) is 0 Å². The molecule has 32 heavy (non-hydrogen) atoms. The van der Waals surface area contributed by atoms with E-state index in [2.05, 4.69) is 5.32 Å². The first-order chi connectivity index (χ1) is 15.4. The molecule has 0 saturated carbocycles. The monoisotopic (exact) mass is 460 g/mol. The molecule has 2 aromatic carbocycles. The predicted octanol–water partition coefficient (Wildman–Crippen LogP) is 4.15. The third-order valence-corrected chi connectivity index (χ3v) is 7.44. The summed E-state index contributed by atoms with van der Waals surface area (Å²) >= 11 is 0. The first-order valence-electron chi connectivity index (χ1n) is 11.2. The van der Waals surface area contributed by atoms with E-state index >= 15 is 0 Å². The Labute approximate surface area is 190 Å². The maximum Gasteiger partial charge on any atom is 0.253 e. The molecule has 7 nitrogen and oxygen atoms in total. The molecule has 0 bridgehead atoms. The van der Waals surface area contributed by atoms with Crippen molar-refractivity contribution in [2.45, 2.75) is 51.0 Å². The molecule has 3 rings (SSSR count). The molecular weight excluding hydrogens is 428 g/mol. The smallest absolute Gasteiger partial charge is 0.253 e. The number of sulfonamides is 1. The fourth-order valence-electron chi connectivity index (χ4n) is 3.82. The number of piperidine rings is 1. The van der Waals surface area contributed by atoms with Gasteiger partial charge in [-0.1, -0.05) is 24.6 Å². The molecule has 1 aliphatic heterocycles. The first kappa shape index (κ1) is 24.1. The van der Waals surface area contributed by atoms with E-state index in [9.17, 15) is 13.2 Å². The Morgan fingerprint density at radius 3 is 2.34 bits per heavy atom. The van der Waals surface area contributed by atoms with Crippen LogP contribution >= 0.6 is 0 Å².